The van der Waals surface area contributed by atoms with Gasteiger partial charge >= 0.3 is 5.97 Å². The van der Waals surface area contributed by atoms with Crippen LogP contribution in [0.15, 0.2) is 0 Å². The average molecular weight is 304 g/mol. The Balaban J connectivity index is 2.36. The predicted octanol–water partition coefficient (Wildman–Crippen LogP) is 0.159. The molecule has 2 rings (SSSR count). The van der Waals surface area contributed by atoms with Crippen molar-refractivity contribution in [1.82, 2.24) is 0 Å². The van der Waals surface area contributed by atoms with Crippen LogP contribution in [0.25, 0.3) is 0 Å². The Hall–Kier alpha value is -0.473. The van der Waals surface area contributed by atoms with Gasteiger partial charge in [0.2, 0.25) is 0 Å². The first-order chi connectivity index (χ1) is 8.92. The Kier molecular flexibility index (Phi) is 3.59. The topological polar surface area (TPSA) is 96.2 Å². The summed E-state index contributed by atoms with van der Waals surface area (Å²) in [5.41, 5.74) is -1.55. The minimum Gasteiger partial charge on any atom is -0.457 e. The lowest BCUT2D eigenvalue weighted by molar-refractivity contribution is -0.173. The first-order valence-electron chi connectivity index (χ1n) is 6.88. The normalized spacial score (nSPS) is 41.7. The molecule has 5 atom stereocenters. The number of aliphatic hydroxyl groups excluding tert-OH is 3. The van der Waals surface area contributed by atoms with Crippen molar-refractivity contribution in [3.8, 4) is 0 Å². The van der Waals surface area contributed by atoms with E-state index >= 15 is 0 Å². The minimum absolute atomic E-state index is 0.0811. The Morgan fingerprint density at radius 2 is 1.80 bits per heavy atom. The van der Waals surface area contributed by atoms with E-state index in [0.717, 1.165) is 0 Å². The molecule has 7 heteroatoms. The van der Waals surface area contributed by atoms with Gasteiger partial charge in [0.05, 0.1) is 0 Å². The van der Waals surface area contributed by atoms with E-state index in [9.17, 15) is 20.1 Å². The molecule has 0 aromatic carbocycles. The van der Waals surface area contributed by atoms with Crippen molar-refractivity contribution in [2.24, 2.45) is 0 Å². The Morgan fingerprint density at radius 3 is 2.30 bits per heavy atom. The van der Waals surface area contributed by atoms with Crippen LogP contribution in [-0.4, -0.2) is 59.6 Å². The molecule has 1 aliphatic carbocycles. The Morgan fingerprint density at radius 1 is 1.25 bits per heavy atom. The number of esters is 1. The van der Waals surface area contributed by atoms with E-state index in [2.05, 4.69) is 0 Å². The molecule has 0 aromatic rings. The van der Waals surface area contributed by atoms with Gasteiger partial charge in [-0.05, 0) is 18.1 Å². The molecule has 0 radical (unpaired) electrons. The van der Waals surface area contributed by atoms with Gasteiger partial charge < -0.3 is 24.5 Å². The second kappa shape index (κ2) is 4.51. The van der Waals surface area contributed by atoms with Gasteiger partial charge in [-0.25, -0.2) is 4.79 Å². The summed E-state index contributed by atoms with van der Waals surface area (Å²) < 4.78 is 11.2. The summed E-state index contributed by atoms with van der Waals surface area (Å²) in [6.07, 6.45) is -4.92. The van der Waals surface area contributed by atoms with E-state index in [4.69, 9.17) is 9.16 Å². The second-order valence-electron chi connectivity index (χ2n) is 7.33. The van der Waals surface area contributed by atoms with Crippen LogP contribution in [0.3, 0.4) is 0 Å². The lowest BCUT2D eigenvalue weighted by Crippen LogP contribution is -2.65. The summed E-state index contributed by atoms with van der Waals surface area (Å²) in [4.78, 5) is 12.2. The lowest BCUT2D eigenvalue weighted by Gasteiger charge is -2.46. The maximum absolute atomic E-state index is 12.2. The zero-order valence-electron chi connectivity index (χ0n) is 12.6. The molecule has 1 aliphatic heterocycles. The van der Waals surface area contributed by atoms with E-state index in [0.29, 0.717) is 0 Å². The highest BCUT2D eigenvalue weighted by atomic mass is 28.4. The molecule has 2 fully saturated rings. The second-order valence-corrected chi connectivity index (χ2v) is 12.1. The van der Waals surface area contributed by atoms with Gasteiger partial charge in [-0.1, -0.05) is 20.8 Å². The van der Waals surface area contributed by atoms with Crippen LogP contribution in [0.5, 0.6) is 0 Å². The number of fused-ring (bicyclic) bond motifs is 2. The molecule has 116 valence electrons. The fourth-order valence-corrected chi connectivity index (χ4v) is 4.03. The fraction of sp³-hybridized carbons (Fsp3) is 0.923. The zero-order valence-corrected chi connectivity index (χ0v) is 13.6. The average Bonchev–Trinajstić information content (AvgIpc) is 2.59. The van der Waals surface area contributed by atoms with E-state index in [1.807, 2.05) is 33.9 Å². The van der Waals surface area contributed by atoms with Crippen LogP contribution in [0.1, 0.15) is 27.2 Å². The zero-order chi connectivity index (χ0) is 15.5. The Labute approximate surface area is 119 Å². The monoisotopic (exact) mass is 304 g/mol. The molecule has 0 spiro atoms. The molecule has 2 aliphatic rings. The molecule has 1 saturated carbocycles. The summed E-state index contributed by atoms with van der Waals surface area (Å²) in [6, 6.07) is 0. The van der Waals surface area contributed by atoms with Crippen LogP contribution in [0, 0.1) is 0 Å². The van der Waals surface area contributed by atoms with E-state index in [-0.39, 0.29) is 11.5 Å². The minimum atomic E-state index is -2.35. The number of carbonyl (C=O) groups excluding carboxylic acids is 1. The van der Waals surface area contributed by atoms with E-state index in [1.54, 1.807) is 0 Å². The molecule has 1 heterocycles. The number of hydrogen-bond acceptors (Lipinski definition) is 6. The highest BCUT2D eigenvalue weighted by molar-refractivity contribution is 6.74. The summed E-state index contributed by atoms with van der Waals surface area (Å²) in [5.74, 6) is -0.685. The number of rotatable bonds is 2. The number of aliphatic hydroxyl groups is 3. The van der Waals surface area contributed by atoms with Crippen LogP contribution < -0.4 is 0 Å². The van der Waals surface area contributed by atoms with Gasteiger partial charge in [-0.2, -0.15) is 0 Å². The predicted molar refractivity (Wildman–Crippen MR) is 73.5 cm³/mol. The van der Waals surface area contributed by atoms with Crippen molar-refractivity contribution in [1.29, 1.82) is 0 Å². The Bertz CT molecular complexity index is 418. The molecule has 3 N–H and O–H groups in total. The number of carbonyl (C=O) groups is 1. The van der Waals surface area contributed by atoms with Gasteiger partial charge in [0.15, 0.2) is 13.9 Å². The van der Waals surface area contributed by atoms with Crippen molar-refractivity contribution in [3.05, 3.63) is 0 Å². The smallest absolute Gasteiger partial charge is 0.340 e. The van der Waals surface area contributed by atoms with E-state index in [1.165, 1.54) is 0 Å². The van der Waals surface area contributed by atoms with Gasteiger partial charge in [0.1, 0.15) is 24.4 Å². The first-order valence-corrected chi connectivity index (χ1v) is 9.79. The summed E-state index contributed by atoms with van der Waals surface area (Å²) in [5, 5.41) is 29.8. The highest BCUT2D eigenvalue weighted by Gasteiger charge is 2.66. The molecule has 0 unspecified atom stereocenters. The van der Waals surface area contributed by atoms with Crippen molar-refractivity contribution >= 4 is 14.3 Å². The van der Waals surface area contributed by atoms with Crippen molar-refractivity contribution in [3.63, 3.8) is 0 Å². The molecule has 0 amide bonds. The molecular formula is C13H24O6Si. The SMILES string of the molecule is CC(C)(C)[Si](C)(C)O[C@@]12C[C@@H](OC1=O)[C@H](O)[C@H](O)[C@@H]2O. The lowest BCUT2D eigenvalue weighted by atomic mass is 9.80. The molecule has 1 saturated heterocycles. The third-order valence-electron chi connectivity index (χ3n) is 4.88. The third kappa shape index (κ3) is 2.12. The molecule has 20 heavy (non-hydrogen) atoms. The largest absolute Gasteiger partial charge is 0.457 e. The van der Waals surface area contributed by atoms with Crippen LogP contribution >= 0.6 is 0 Å². The van der Waals surface area contributed by atoms with E-state index < -0.39 is 44.3 Å². The van der Waals surface area contributed by atoms with Crippen LogP contribution in [0.4, 0.5) is 0 Å². The van der Waals surface area contributed by atoms with Gasteiger partial charge in [-0.15, -0.1) is 0 Å². The fourth-order valence-electron chi connectivity index (χ4n) is 2.53. The maximum atomic E-state index is 12.2. The van der Waals surface area contributed by atoms with Gasteiger partial charge in [0.25, 0.3) is 0 Å². The summed E-state index contributed by atoms with van der Waals surface area (Å²) >= 11 is 0. The van der Waals surface area contributed by atoms with Gasteiger partial charge in [-0.3, -0.25) is 0 Å². The standard InChI is InChI=1S/C13H24O6Si/c1-12(2,3)20(4,5)19-13-6-7(18-11(13)17)8(14)9(15)10(13)16/h7-10,14-16H,6H2,1-5H3/t7-,8+,9+,10+,13-/m1/s1. The number of ether oxygens (including phenoxy) is 1. The third-order valence-corrected chi connectivity index (χ3v) is 9.37. The summed E-state index contributed by atoms with van der Waals surface area (Å²) in [6.45, 7) is 10.00. The van der Waals surface area contributed by atoms with Crippen molar-refractivity contribution in [2.75, 3.05) is 0 Å². The summed E-state index contributed by atoms with van der Waals surface area (Å²) in [7, 11) is -2.35. The van der Waals surface area contributed by atoms with Crippen LogP contribution in [-0.2, 0) is 14.0 Å². The molecule has 6 nitrogen and oxygen atoms in total. The quantitative estimate of drug-likeness (QED) is 0.497. The van der Waals surface area contributed by atoms with Gasteiger partial charge in [0, 0.05) is 6.42 Å². The first kappa shape index (κ1) is 15.9. The number of hydrogen-bond donors (Lipinski definition) is 3. The molecular weight excluding hydrogens is 280 g/mol. The molecule has 0 aromatic heterocycles. The highest BCUT2D eigenvalue weighted by Crippen LogP contribution is 2.47. The van der Waals surface area contributed by atoms with Crippen molar-refractivity contribution in [2.45, 2.75) is 75.3 Å². The van der Waals surface area contributed by atoms with Crippen LogP contribution in [0.2, 0.25) is 18.1 Å². The molecule has 2 bridgehead atoms. The maximum Gasteiger partial charge on any atom is 0.340 e. The van der Waals surface area contributed by atoms with Crippen molar-refractivity contribution < 1.29 is 29.3 Å².